The number of nitrogens with one attached hydrogen (secondary N) is 1. The summed E-state index contributed by atoms with van der Waals surface area (Å²) in [5.74, 6) is -1.09. The van der Waals surface area contributed by atoms with E-state index in [0.717, 1.165) is 4.90 Å². The van der Waals surface area contributed by atoms with Gasteiger partial charge in [-0.3, -0.25) is 19.2 Å². The Kier molecular flexibility index (Phi) is 3.51. The van der Waals surface area contributed by atoms with Gasteiger partial charge in [-0.15, -0.1) is 11.6 Å². The third-order valence-electron chi connectivity index (χ3n) is 2.71. The highest BCUT2D eigenvalue weighted by Crippen LogP contribution is 2.25. The molecule has 2 rings (SSSR count). The van der Waals surface area contributed by atoms with Crippen LogP contribution in [0.2, 0.25) is 0 Å². The van der Waals surface area contributed by atoms with E-state index >= 15 is 0 Å². The molecule has 1 aliphatic heterocycles. The lowest BCUT2D eigenvalue weighted by Crippen LogP contribution is -2.24. The second kappa shape index (κ2) is 4.82. The van der Waals surface area contributed by atoms with E-state index in [4.69, 9.17) is 11.6 Å². The minimum Gasteiger partial charge on any atom is -0.283 e. The number of hydrogen-bond donors (Lipinski definition) is 1. The number of rotatable bonds is 4. The van der Waals surface area contributed by atoms with Gasteiger partial charge in [-0.2, -0.15) is 0 Å². The van der Waals surface area contributed by atoms with Gasteiger partial charge < -0.3 is 0 Å². The first-order valence-corrected chi connectivity index (χ1v) is 7.57. The lowest BCUT2D eigenvalue weighted by Gasteiger charge is -2.07. The van der Waals surface area contributed by atoms with Crippen LogP contribution in [0.15, 0.2) is 18.2 Å². The monoisotopic (exact) mass is 302 g/mol. The fraction of sp³-hybridized carbons (Fsp3) is 0.273. The van der Waals surface area contributed by atoms with Crippen molar-refractivity contribution in [3.8, 4) is 0 Å². The van der Waals surface area contributed by atoms with Crippen molar-refractivity contribution in [2.75, 3.05) is 23.4 Å². The molecular weight excluding hydrogens is 292 g/mol. The minimum atomic E-state index is -3.54. The molecule has 1 heterocycles. The van der Waals surface area contributed by atoms with Gasteiger partial charge in [0.2, 0.25) is 10.0 Å². The summed E-state index contributed by atoms with van der Waals surface area (Å²) in [4.78, 5) is 24.4. The molecule has 1 aromatic rings. The molecule has 0 saturated heterocycles. The Hall–Kier alpha value is -1.60. The number of hydrogen-bond acceptors (Lipinski definition) is 4. The molecule has 0 aromatic heterocycles. The molecule has 0 fully saturated rings. The van der Waals surface area contributed by atoms with Gasteiger partial charge in [0.25, 0.3) is 11.8 Å². The molecule has 1 aliphatic rings. The van der Waals surface area contributed by atoms with Gasteiger partial charge in [0.15, 0.2) is 0 Å². The predicted molar refractivity (Wildman–Crippen MR) is 71.0 cm³/mol. The van der Waals surface area contributed by atoms with Gasteiger partial charge in [0, 0.05) is 18.6 Å². The van der Waals surface area contributed by atoms with Crippen molar-refractivity contribution < 1.29 is 18.0 Å². The average molecular weight is 303 g/mol. The number of halogens is 1. The molecule has 0 spiro atoms. The van der Waals surface area contributed by atoms with Crippen LogP contribution < -0.4 is 4.72 Å². The van der Waals surface area contributed by atoms with Crippen LogP contribution in [0.4, 0.5) is 5.69 Å². The first-order valence-electron chi connectivity index (χ1n) is 5.38. The molecule has 0 bridgehead atoms. The maximum atomic E-state index is 11.8. The molecule has 0 aliphatic carbocycles. The van der Waals surface area contributed by atoms with Gasteiger partial charge in [-0.05, 0) is 18.2 Å². The number of benzene rings is 1. The van der Waals surface area contributed by atoms with Crippen molar-refractivity contribution in [2.24, 2.45) is 0 Å². The number of alkyl halides is 1. The van der Waals surface area contributed by atoms with E-state index in [1.807, 2.05) is 0 Å². The quantitative estimate of drug-likeness (QED) is 0.661. The number of carbonyl (C=O) groups is 2. The molecule has 0 radical (unpaired) electrons. The SMILES string of the molecule is CN1C(=O)c2ccc(NS(=O)(=O)CCCl)cc2C1=O. The van der Waals surface area contributed by atoms with Gasteiger partial charge >= 0.3 is 0 Å². The molecule has 19 heavy (non-hydrogen) atoms. The Morgan fingerprint density at radius 3 is 2.47 bits per heavy atom. The standard InChI is InChI=1S/C11H11ClN2O4S/c1-14-10(15)8-3-2-7(6-9(8)11(14)16)13-19(17,18)5-4-12/h2-3,6,13H,4-5H2,1H3. The van der Waals surface area contributed by atoms with Crippen molar-refractivity contribution in [2.45, 2.75) is 0 Å². The van der Waals surface area contributed by atoms with E-state index < -0.39 is 21.8 Å². The van der Waals surface area contributed by atoms with Crippen molar-refractivity contribution >= 4 is 39.1 Å². The number of anilines is 1. The molecule has 0 atom stereocenters. The van der Waals surface area contributed by atoms with Crippen LogP contribution in [0.1, 0.15) is 20.7 Å². The molecule has 1 N–H and O–H groups in total. The maximum Gasteiger partial charge on any atom is 0.261 e. The summed E-state index contributed by atoms with van der Waals surface area (Å²) in [5.41, 5.74) is 0.701. The zero-order valence-electron chi connectivity index (χ0n) is 10.0. The summed E-state index contributed by atoms with van der Waals surface area (Å²) in [7, 11) is -2.16. The second-order valence-electron chi connectivity index (χ2n) is 4.04. The second-order valence-corrected chi connectivity index (χ2v) is 6.26. The fourth-order valence-corrected chi connectivity index (χ4v) is 3.16. The zero-order valence-corrected chi connectivity index (χ0v) is 11.6. The molecule has 6 nitrogen and oxygen atoms in total. The maximum absolute atomic E-state index is 11.8. The Morgan fingerprint density at radius 1 is 1.21 bits per heavy atom. The average Bonchev–Trinajstić information content (AvgIpc) is 2.54. The van der Waals surface area contributed by atoms with E-state index in [0.29, 0.717) is 0 Å². The summed E-state index contributed by atoms with van der Waals surface area (Å²) in [5, 5.41) is 0. The number of carbonyl (C=O) groups excluding carboxylic acids is 2. The zero-order chi connectivity index (χ0) is 14.2. The molecular formula is C11H11ClN2O4S. The number of nitrogens with zero attached hydrogens (tertiary/aromatic N) is 1. The van der Waals surface area contributed by atoms with E-state index in [1.54, 1.807) is 0 Å². The minimum absolute atomic E-state index is 0.0274. The number of amides is 2. The van der Waals surface area contributed by atoms with Gasteiger partial charge in [-0.1, -0.05) is 0 Å². The van der Waals surface area contributed by atoms with E-state index in [2.05, 4.69) is 4.72 Å². The first kappa shape index (κ1) is 13.8. The largest absolute Gasteiger partial charge is 0.283 e. The summed E-state index contributed by atoms with van der Waals surface area (Å²) in [6, 6.07) is 4.22. The van der Waals surface area contributed by atoms with Gasteiger partial charge in [-0.25, -0.2) is 8.42 Å². The molecule has 2 amide bonds. The van der Waals surface area contributed by atoms with Crippen LogP contribution in [-0.2, 0) is 10.0 Å². The smallest absolute Gasteiger partial charge is 0.261 e. The van der Waals surface area contributed by atoms with Crippen LogP contribution in [0.3, 0.4) is 0 Å². The van der Waals surface area contributed by atoms with Crippen LogP contribution in [-0.4, -0.2) is 43.8 Å². The first-order chi connectivity index (χ1) is 8.85. The fourth-order valence-electron chi connectivity index (χ4n) is 1.76. The van der Waals surface area contributed by atoms with E-state index in [9.17, 15) is 18.0 Å². The highest BCUT2D eigenvalue weighted by Gasteiger charge is 2.32. The van der Waals surface area contributed by atoms with Gasteiger partial charge in [0.05, 0.1) is 16.9 Å². The normalized spacial score (nSPS) is 14.7. The number of sulfonamides is 1. The Balaban J connectivity index is 2.34. The summed E-state index contributed by atoms with van der Waals surface area (Å²) >= 11 is 5.38. The molecule has 0 unspecified atom stereocenters. The van der Waals surface area contributed by atoms with Crippen molar-refractivity contribution in [1.29, 1.82) is 0 Å². The highest BCUT2D eigenvalue weighted by molar-refractivity contribution is 7.92. The molecule has 0 saturated carbocycles. The van der Waals surface area contributed by atoms with Crippen molar-refractivity contribution in [1.82, 2.24) is 4.90 Å². The van der Waals surface area contributed by atoms with Crippen LogP contribution in [0.25, 0.3) is 0 Å². The predicted octanol–water partition coefficient (Wildman–Crippen LogP) is 0.893. The summed E-state index contributed by atoms with van der Waals surface area (Å²) in [6.45, 7) is 0. The topological polar surface area (TPSA) is 83.6 Å². The summed E-state index contributed by atoms with van der Waals surface area (Å²) < 4.78 is 25.4. The van der Waals surface area contributed by atoms with Crippen LogP contribution >= 0.6 is 11.6 Å². The van der Waals surface area contributed by atoms with Crippen molar-refractivity contribution in [3.63, 3.8) is 0 Å². The highest BCUT2D eigenvalue weighted by atomic mass is 35.5. The molecule has 1 aromatic carbocycles. The van der Waals surface area contributed by atoms with E-state index in [1.165, 1.54) is 25.2 Å². The van der Waals surface area contributed by atoms with E-state index in [-0.39, 0.29) is 28.4 Å². The third kappa shape index (κ3) is 2.57. The van der Waals surface area contributed by atoms with Gasteiger partial charge in [0.1, 0.15) is 0 Å². The Morgan fingerprint density at radius 2 is 1.84 bits per heavy atom. The number of fused-ring (bicyclic) bond motifs is 1. The lowest BCUT2D eigenvalue weighted by molar-refractivity contribution is 0.0693. The van der Waals surface area contributed by atoms with Crippen LogP contribution in [0.5, 0.6) is 0 Å². The Bertz CT molecular complexity index is 657. The summed E-state index contributed by atoms with van der Waals surface area (Å²) in [6.07, 6.45) is 0. The van der Waals surface area contributed by atoms with Crippen LogP contribution in [0, 0.1) is 0 Å². The number of imide groups is 1. The molecule has 8 heteroatoms. The molecule has 102 valence electrons. The van der Waals surface area contributed by atoms with Crippen molar-refractivity contribution in [3.05, 3.63) is 29.3 Å². The Labute approximate surface area is 115 Å². The lowest BCUT2D eigenvalue weighted by atomic mass is 10.1. The third-order valence-corrected chi connectivity index (χ3v) is 4.41.